The summed E-state index contributed by atoms with van der Waals surface area (Å²) in [6.45, 7) is 2.31. The second kappa shape index (κ2) is 4.76. The van der Waals surface area contributed by atoms with Crippen LogP contribution in [0.15, 0.2) is 22.7 Å². The maximum absolute atomic E-state index is 5.21. The van der Waals surface area contributed by atoms with E-state index < -0.39 is 0 Å². The lowest BCUT2D eigenvalue weighted by molar-refractivity contribution is 0.413. The molecule has 0 bridgehead atoms. The molecule has 88 valence electrons. The third-order valence-corrected chi connectivity index (χ3v) is 4.14. The predicted molar refractivity (Wildman–Crippen MR) is 69.8 cm³/mol. The van der Waals surface area contributed by atoms with Crippen LogP contribution in [0.2, 0.25) is 0 Å². The number of ether oxygens (including phenoxy) is 1. The van der Waals surface area contributed by atoms with Crippen LogP contribution in [-0.4, -0.2) is 14.2 Å². The minimum absolute atomic E-state index is 0.454. The highest BCUT2D eigenvalue weighted by molar-refractivity contribution is 9.10. The van der Waals surface area contributed by atoms with Gasteiger partial charge in [-0.05, 0) is 43.0 Å². The molecule has 1 aromatic rings. The molecule has 1 N–H and O–H groups in total. The van der Waals surface area contributed by atoms with E-state index in [0.29, 0.717) is 6.04 Å². The molecule has 3 heteroatoms. The third kappa shape index (κ3) is 2.25. The van der Waals surface area contributed by atoms with Crippen molar-refractivity contribution in [3.8, 4) is 5.75 Å². The van der Waals surface area contributed by atoms with E-state index in [0.717, 1.165) is 22.1 Å². The molecule has 3 atom stereocenters. The van der Waals surface area contributed by atoms with Crippen LogP contribution in [0.5, 0.6) is 5.75 Å². The van der Waals surface area contributed by atoms with Crippen molar-refractivity contribution in [1.82, 2.24) is 5.32 Å². The van der Waals surface area contributed by atoms with Crippen molar-refractivity contribution in [2.45, 2.75) is 19.4 Å². The molecule has 0 heterocycles. The van der Waals surface area contributed by atoms with E-state index in [4.69, 9.17) is 4.74 Å². The Morgan fingerprint density at radius 3 is 2.62 bits per heavy atom. The average Bonchev–Trinajstić information content (AvgIpc) is 2.99. The number of methoxy groups -OCH3 is 1. The molecular formula is C13H18BrNO. The van der Waals surface area contributed by atoms with Gasteiger partial charge in [0.15, 0.2) is 0 Å². The van der Waals surface area contributed by atoms with Crippen LogP contribution in [0.25, 0.3) is 0 Å². The van der Waals surface area contributed by atoms with Crippen LogP contribution in [0.1, 0.15) is 24.9 Å². The van der Waals surface area contributed by atoms with Crippen molar-refractivity contribution in [1.29, 1.82) is 0 Å². The molecule has 0 aliphatic heterocycles. The number of hydrogen-bond donors (Lipinski definition) is 1. The first-order valence-corrected chi connectivity index (χ1v) is 6.47. The Kier molecular flexibility index (Phi) is 3.55. The Labute approximate surface area is 106 Å². The molecule has 16 heavy (non-hydrogen) atoms. The average molecular weight is 284 g/mol. The minimum atomic E-state index is 0.454. The summed E-state index contributed by atoms with van der Waals surface area (Å²) in [5.41, 5.74) is 1.33. The first kappa shape index (κ1) is 11.9. The molecule has 0 saturated heterocycles. The maximum Gasteiger partial charge on any atom is 0.120 e. The third-order valence-electron chi connectivity index (χ3n) is 3.45. The molecule has 1 aromatic carbocycles. The Hall–Kier alpha value is -0.540. The van der Waals surface area contributed by atoms with Gasteiger partial charge in [0, 0.05) is 10.5 Å². The van der Waals surface area contributed by atoms with Crippen molar-refractivity contribution in [3.05, 3.63) is 28.2 Å². The van der Waals surface area contributed by atoms with E-state index in [2.05, 4.69) is 34.2 Å². The molecule has 1 aliphatic rings. The number of halogens is 1. The zero-order chi connectivity index (χ0) is 11.7. The summed E-state index contributed by atoms with van der Waals surface area (Å²) in [6, 6.07) is 6.66. The molecule has 3 unspecified atom stereocenters. The topological polar surface area (TPSA) is 21.3 Å². The molecule has 0 radical (unpaired) electrons. The van der Waals surface area contributed by atoms with Crippen LogP contribution in [0.3, 0.4) is 0 Å². The van der Waals surface area contributed by atoms with Crippen LogP contribution in [-0.2, 0) is 0 Å². The van der Waals surface area contributed by atoms with Crippen LogP contribution < -0.4 is 10.1 Å². The van der Waals surface area contributed by atoms with E-state index in [1.54, 1.807) is 7.11 Å². The van der Waals surface area contributed by atoms with E-state index in [1.807, 2.05) is 19.2 Å². The van der Waals surface area contributed by atoms with Crippen molar-refractivity contribution >= 4 is 15.9 Å². The summed E-state index contributed by atoms with van der Waals surface area (Å²) in [6.07, 6.45) is 1.32. The quantitative estimate of drug-likeness (QED) is 0.915. The molecule has 2 rings (SSSR count). The summed E-state index contributed by atoms with van der Waals surface area (Å²) in [4.78, 5) is 0. The lowest BCUT2D eigenvalue weighted by atomic mass is 10.0. The van der Waals surface area contributed by atoms with Gasteiger partial charge in [0.2, 0.25) is 0 Å². The van der Waals surface area contributed by atoms with Crippen molar-refractivity contribution in [2.24, 2.45) is 11.8 Å². The fourth-order valence-electron chi connectivity index (χ4n) is 2.30. The highest BCUT2D eigenvalue weighted by atomic mass is 79.9. The van der Waals surface area contributed by atoms with Gasteiger partial charge in [-0.3, -0.25) is 0 Å². The van der Waals surface area contributed by atoms with E-state index in [9.17, 15) is 0 Å². The molecule has 0 spiro atoms. The predicted octanol–water partition coefficient (Wildman–Crippen LogP) is 3.37. The zero-order valence-corrected chi connectivity index (χ0v) is 11.5. The fourth-order valence-corrected chi connectivity index (χ4v) is 2.91. The fraction of sp³-hybridized carbons (Fsp3) is 0.538. The Bertz CT molecular complexity index is 380. The molecular weight excluding hydrogens is 266 g/mol. The summed E-state index contributed by atoms with van der Waals surface area (Å²) in [5, 5.41) is 3.42. The molecule has 0 aromatic heterocycles. The van der Waals surface area contributed by atoms with Gasteiger partial charge in [0.05, 0.1) is 7.11 Å². The zero-order valence-electron chi connectivity index (χ0n) is 9.96. The summed E-state index contributed by atoms with van der Waals surface area (Å²) in [7, 11) is 3.73. The smallest absolute Gasteiger partial charge is 0.120 e. The lowest BCUT2D eigenvalue weighted by Gasteiger charge is -2.18. The maximum atomic E-state index is 5.21. The Morgan fingerprint density at radius 2 is 2.19 bits per heavy atom. The van der Waals surface area contributed by atoms with E-state index in [-0.39, 0.29) is 0 Å². The Balaban J connectivity index is 2.24. The standard InChI is InChI=1S/C13H18BrNO/c1-8-6-11(8)13(15-2)10-5-4-9(16-3)7-12(10)14/h4-5,7-8,11,13,15H,6H2,1-3H3. The highest BCUT2D eigenvalue weighted by Gasteiger charge is 2.40. The molecule has 2 nitrogen and oxygen atoms in total. The van der Waals surface area contributed by atoms with Gasteiger partial charge in [-0.15, -0.1) is 0 Å². The van der Waals surface area contributed by atoms with Gasteiger partial charge < -0.3 is 10.1 Å². The molecule has 0 amide bonds. The molecule has 1 fully saturated rings. The van der Waals surface area contributed by atoms with E-state index in [1.165, 1.54) is 12.0 Å². The SMILES string of the molecule is CNC(c1ccc(OC)cc1Br)C1CC1C. The van der Waals surface area contributed by atoms with Gasteiger partial charge >= 0.3 is 0 Å². The van der Waals surface area contributed by atoms with Crippen molar-refractivity contribution < 1.29 is 4.74 Å². The monoisotopic (exact) mass is 283 g/mol. The minimum Gasteiger partial charge on any atom is -0.497 e. The van der Waals surface area contributed by atoms with Gasteiger partial charge in [-0.2, -0.15) is 0 Å². The van der Waals surface area contributed by atoms with Crippen LogP contribution >= 0.6 is 15.9 Å². The number of hydrogen-bond acceptors (Lipinski definition) is 2. The van der Waals surface area contributed by atoms with Crippen LogP contribution in [0, 0.1) is 11.8 Å². The van der Waals surface area contributed by atoms with Crippen molar-refractivity contribution in [2.75, 3.05) is 14.2 Å². The first-order valence-electron chi connectivity index (χ1n) is 5.68. The molecule has 1 aliphatic carbocycles. The first-order chi connectivity index (χ1) is 7.67. The van der Waals surface area contributed by atoms with E-state index >= 15 is 0 Å². The normalized spacial score (nSPS) is 25.2. The van der Waals surface area contributed by atoms with Crippen molar-refractivity contribution in [3.63, 3.8) is 0 Å². The second-order valence-corrected chi connectivity index (χ2v) is 5.38. The number of nitrogens with one attached hydrogen (secondary N) is 1. The second-order valence-electron chi connectivity index (χ2n) is 4.53. The lowest BCUT2D eigenvalue weighted by Crippen LogP contribution is -2.19. The molecule has 1 saturated carbocycles. The highest BCUT2D eigenvalue weighted by Crippen LogP contribution is 2.48. The number of benzene rings is 1. The van der Waals surface area contributed by atoms with Gasteiger partial charge in [-0.1, -0.05) is 28.9 Å². The summed E-state index contributed by atoms with van der Waals surface area (Å²) in [5.74, 6) is 2.51. The van der Waals surface area contributed by atoms with Crippen LogP contribution in [0.4, 0.5) is 0 Å². The number of rotatable bonds is 4. The summed E-state index contributed by atoms with van der Waals surface area (Å²) >= 11 is 3.63. The summed E-state index contributed by atoms with van der Waals surface area (Å²) < 4.78 is 6.34. The largest absolute Gasteiger partial charge is 0.497 e. The Morgan fingerprint density at radius 1 is 1.50 bits per heavy atom. The van der Waals surface area contributed by atoms with Gasteiger partial charge in [0.25, 0.3) is 0 Å². The van der Waals surface area contributed by atoms with Gasteiger partial charge in [-0.25, -0.2) is 0 Å². The van der Waals surface area contributed by atoms with Gasteiger partial charge in [0.1, 0.15) is 5.75 Å².